The van der Waals surface area contributed by atoms with Crippen molar-refractivity contribution in [1.29, 1.82) is 0 Å². The van der Waals surface area contributed by atoms with E-state index in [1.54, 1.807) is 6.07 Å². The van der Waals surface area contributed by atoms with Crippen molar-refractivity contribution in [3.63, 3.8) is 0 Å². The summed E-state index contributed by atoms with van der Waals surface area (Å²) in [6.07, 6.45) is 1.25. The second kappa shape index (κ2) is 6.89. The Bertz CT molecular complexity index is 962. The SMILES string of the molecule is CCOc1cccc(C2Nc3ccccc3NC3=C2C(=O)CC(C)(C)C3)c1O. The van der Waals surface area contributed by atoms with Crippen LogP contribution in [0.4, 0.5) is 11.4 Å². The van der Waals surface area contributed by atoms with Crippen molar-refractivity contribution in [1.82, 2.24) is 0 Å². The van der Waals surface area contributed by atoms with Crippen molar-refractivity contribution in [2.75, 3.05) is 17.2 Å². The second-order valence-corrected chi connectivity index (χ2v) is 8.21. The molecule has 146 valence electrons. The summed E-state index contributed by atoms with van der Waals surface area (Å²) in [6.45, 7) is 6.57. The van der Waals surface area contributed by atoms with E-state index in [1.807, 2.05) is 43.3 Å². The summed E-state index contributed by atoms with van der Waals surface area (Å²) in [4.78, 5) is 13.2. The molecule has 1 aliphatic heterocycles. The fourth-order valence-electron chi connectivity index (χ4n) is 4.17. The average Bonchev–Trinajstić information content (AvgIpc) is 2.79. The molecule has 1 aliphatic carbocycles. The molecule has 0 radical (unpaired) electrons. The molecular weight excluding hydrogens is 352 g/mol. The van der Waals surface area contributed by atoms with Crippen LogP contribution in [0.3, 0.4) is 0 Å². The molecule has 0 aromatic heterocycles. The molecule has 0 saturated heterocycles. The average molecular weight is 378 g/mol. The van der Waals surface area contributed by atoms with E-state index in [-0.39, 0.29) is 16.9 Å². The number of ether oxygens (including phenoxy) is 1. The Hall–Kier alpha value is -2.95. The molecule has 1 unspecified atom stereocenters. The number of phenolic OH excluding ortho intramolecular Hbond substituents is 1. The largest absolute Gasteiger partial charge is 0.504 e. The number of hydrogen-bond acceptors (Lipinski definition) is 5. The smallest absolute Gasteiger partial charge is 0.163 e. The van der Waals surface area contributed by atoms with Crippen LogP contribution in [-0.4, -0.2) is 17.5 Å². The van der Waals surface area contributed by atoms with Crippen molar-refractivity contribution in [2.24, 2.45) is 5.41 Å². The predicted molar refractivity (Wildman–Crippen MR) is 111 cm³/mol. The molecule has 0 bridgehead atoms. The number of carbonyl (C=O) groups excluding carboxylic acids is 1. The predicted octanol–water partition coefficient (Wildman–Crippen LogP) is 5.01. The van der Waals surface area contributed by atoms with Crippen molar-refractivity contribution in [3.05, 3.63) is 59.3 Å². The van der Waals surface area contributed by atoms with Gasteiger partial charge in [0.1, 0.15) is 0 Å². The van der Waals surface area contributed by atoms with Crippen LogP contribution in [0.25, 0.3) is 0 Å². The molecule has 0 spiro atoms. The Labute approximate surface area is 165 Å². The lowest BCUT2D eigenvalue weighted by Gasteiger charge is -2.34. The Morgan fingerprint density at radius 3 is 2.61 bits per heavy atom. The molecule has 4 rings (SSSR count). The topological polar surface area (TPSA) is 70.6 Å². The Kier molecular flexibility index (Phi) is 4.53. The van der Waals surface area contributed by atoms with Gasteiger partial charge in [0.05, 0.1) is 24.0 Å². The Morgan fingerprint density at radius 2 is 1.86 bits per heavy atom. The van der Waals surface area contributed by atoms with Gasteiger partial charge in [-0.15, -0.1) is 0 Å². The first-order chi connectivity index (χ1) is 13.4. The lowest BCUT2D eigenvalue weighted by molar-refractivity contribution is -0.118. The number of para-hydroxylation sites is 3. The van der Waals surface area contributed by atoms with Crippen LogP contribution >= 0.6 is 0 Å². The maximum Gasteiger partial charge on any atom is 0.163 e. The fraction of sp³-hybridized carbons (Fsp3) is 0.348. The maximum atomic E-state index is 13.2. The van der Waals surface area contributed by atoms with Crippen LogP contribution in [0, 0.1) is 5.41 Å². The number of Topliss-reactive ketones (excluding diaryl/α,β-unsaturated/α-hetero) is 1. The van der Waals surface area contributed by atoms with Gasteiger partial charge in [0.2, 0.25) is 0 Å². The summed E-state index contributed by atoms with van der Waals surface area (Å²) >= 11 is 0. The monoisotopic (exact) mass is 378 g/mol. The van der Waals surface area contributed by atoms with E-state index >= 15 is 0 Å². The number of benzene rings is 2. The van der Waals surface area contributed by atoms with Gasteiger partial charge in [0, 0.05) is 23.3 Å². The van der Waals surface area contributed by atoms with Gasteiger partial charge >= 0.3 is 0 Å². The molecule has 28 heavy (non-hydrogen) atoms. The van der Waals surface area contributed by atoms with Gasteiger partial charge in [0.15, 0.2) is 17.3 Å². The minimum absolute atomic E-state index is 0.0747. The number of carbonyl (C=O) groups is 1. The van der Waals surface area contributed by atoms with E-state index in [9.17, 15) is 9.90 Å². The van der Waals surface area contributed by atoms with Crippen LogP contribution in [-0.2, 0) is 4.79 Å². The Balaban J connectivity index is 1.89. The number of anilines is 2. The van der Waals surface area contributed by atoms with E-state index < -0.39 is 6.04 Å². The molecule has 0 saturated carbocycles. The molecule has 0 amide bonds. The number of allylic oxidation sites excluding steroid dienone is 1. The zero-order chi connectivity index (χ0) is 19.9. The zero-order valence-electron chi connectivity index (χ0n) is 16.5. The lowest BCUT2D eigenvalue weighted by atomic mass is 9.73. The summed E-state index contributed by atoms with van der Waals surface area (Å²) in [6, 6.07) is 12.9. The van der Waals surface area contributed by atoms with Gasteiger partial charge in [0.25, 0.3) is 0 Å². The van der Waals surface area contributed by atoms with Gasteiger partial charge in [-0.25, -0.2) is 0 Å². The summed E-state index contributed by atoms with van der Waals surface area (Å²) in [5, 5.41) is 17.8. The lowest BCUT2D eigenvalue weighted by Crippen LogP contribution is -2.31. The van der Waals surface area contributed by atoms with Gasteiger partial charge in [-0.05, 0) is 37.0 Å². The third-order valence-electron chi connectivity index (χ3n) is 5.36. The van der Waals surface area contributed by atoms with E-state index in [1.165, 1.54) is 0 Å². The summed E-state index contributed by atoms with van der Waals surface area (Å²) < 4.78 is 5.57. The van der Waals surface area contributed by atoms with E-state index in [0.717, 1.165) is 23.5 Å². The van der Waals surface area contributed by atoms with Crippen LogP contribution in [0.1, 0.15) is 45.2 Å². The Morgan fingerprint density at radius 1 is 1.11 bits per heavy atom. The van der Waals surface area contributed by atoms with Crippen molar-refractivity contribution >= 4 is 17.2 Å². The highest BCUT2D eigenvalue weighted by Crippen LogP contribution is 2.47. The van der Waals surface area contributed by atoms with E-state index in [4.69, 9.17) is 4.74 Å². The van der Waals surface area contributed by atoms with Crippen LogP contribution in [0.15, 0.2) is 53.7 Å². The minimum Gasteiger partial charge on any atom is -0.504 e. The van der Waals surface area contributed by atoms with Gasteiger partial charge < -0.3 is 20.5 Å². The molecule has 2 aromatic carbocycles. The third-order valence-corrected chi connectivity index (χ3v) is 5.36. The highest BCUT2D eigenvalue weighted by atomic mass is 16.5. The number of ketones is 1. The molecule has 0 fully saturated rings. The van der Waals surface area contributed by atoms with Crippen LogP contribution in [0.5, 0.6) is 11.5 Å². The first kappa shape index (κ1) is 18.4. The van der Waals surface area contributed by atoms with Crippen LogP contribution < -0.4 is 15.4 Å². The van der Waals surface area contributed by atoms with Crippen molar-refractivity contribution in [2.45, 2.75) is 39.7 Å². The third kappa shape index (κ3) is 3.21. The van der Waals surface area contributed by atoms with Gasteiger partial charge in [-0.3, -0.25) is 4.79 Å². The van der Waals surface area contributed by atoms with E-state index in [0.29, 0.717) is 29.9 Å². The number of fused-ring (bicyclic) bond motifs is 1. The molecule has 5 heteroatoms. The summed E-state index contributed by atoms with van der Waals surface area (Å²) in [5.74, 6) is 0.606. The fourth-order valence-corrected chi connectivity index (χ4v) is 4.17. The first-order valence-electron chi connectivity index (χ1n) is 9.73. The number of nitrogens with one attached hydrogen (secondary N) is 2. The molecule has 1 heterocycles. The van der Waals surface area contributed by atoms with Crippen molar-refractivity contribution in [3.8, 4) is 11.5 Å². The zero-order valence-corrected chi connectivity index (χ0v) is 16.5. The quantitative estimate of drug-likeness (QED) is 0.700. The molecule has 2 aliphatic rings. The summed E-state index contributed by atoms with van der Waals surface area (Å²) in [5.41, 5.74) is 3.98. The van der Waals surface area contributed by atoms with Gasteiger partial charge in [-0.2, -0.15) is 0 Å². The summed E-state index contributed by atoms with van der Waals surface area (Å²) in [7, 11) is 0. The number of aromatic hydroxyl groups is 1. The highest BCUT2D eigenvalue weighted by molar-refractivity contribution is 6.01. The van der Waals surface area contributed by atoms with Crippen LogP contribution in [0.2, 0.25) is 0 Å². The second-order valence-electron chi connectivity index (χ2n) is 8.21. The molecule has 5 nitrogen and oxygen atoms in total. The first-order valence-corrected chi connectivity index (χ1v) is 9.73. The minimum atomic E-state index is -0.449. The number of phenols is 1. The molecule has 2 aromatic rings. The number of hydrogen-bond donors (Lipinski definition) is 3. The van der Waals surface area contributed by atoms with Crippen molar-refractivity contribution < 1.29 is 14.6 Å². The normalized spacial score (nSPS) is 20.4. The molecule has 3 N–H and O–H groups in total. The van der Waals surface area contributed by atoms with Gasteiger partial charge in [-0.1, -0.05) is 38.1 Å². The van der Waals surface area contributed by atoms with E-state index in [2.05, 4.69) is 24.5 Å². The highest BCUT2D eigenvalue weighted by Gasteiger charge is 2.39. The molecule has 1 atom stereocenters. The molecular formula is C23H26N2O3. The standard InChI is InChI=1S/C23H26N2O3/c1-4-28-19-11-7-8-14(22(19)27)21-20-17(12-23(2,3)13-18(20)26)24-15-9-5-6-10-16(15)25-21/h5-11,21,24-25,27H,4,12-13H2,1-3H3. The number of rotatable bonds is 3. The maximum absolute atomic E-state index is 13.2.